The van der Waals surface area contributed by atoms with E-state index in [0.29, 0.717) is 5.66 Å². The van der Waals surface area contributed by atoms with Gasteiger partial charge >= 0.3 is 235 Å². The summed E-state index contributed by atoms with van der Waals surface area (Å²) in [5.41, 5.74) is 2.10. The van der Waals surface area contributed by atoms with Crippen molar-refractivity contribution in [1.82, 2.24) is 0 Å². The van der Waals surface area contributed by atoms with Gasteiger partial charge in [-0.15, -0.1) is 0 Å². The molecule has 0 amide bonds. The molecule has 0 heterocycles. The van der Waals surface area contributed by atoms with Gasteiger partial charge in [-0.1, -0.05) is 0 Å². The van der Waals surface area contributed by atoms with Crippen LogP contribution >= 0.6 is 26.3 Å². The monoisotopic (exact) mass is 614 g/mol. The zero-order valence-corrected chi connectivity index (χ0v) is 27.0. The standard InChI is InChI=1S/C33H60IP/c1-5-9-12-15-18-24-29-35(34,30-25-19-16-13-10-6-2,31-26-20-17-14-11-7-3)33(8-4)32-27-22-21-23-28-32/h8,21-23,27-28,33H,4-7,9-20,24-26,29-31H2,1-3H3. The summed E-state index contributed by atoms with van der Waals surface area (Å²) < 4.78 is -2.03. The molecule has 0 fully saturated rings. The molecule has 0 bridgehead atoms. The predicted octanol–water partition coefficient (Wildman–Crippen LogP) is 12.9. The zero-order valence-electron chi connectivity index (χ0n) is 23.9. The van der Waals surface area contributed by atoms with Gasteiger partial charge in [0.2, 0.25) is 0 Å². The number of hydrogen-bond acceptors (Lipinski definition) is 0. The molecule has 1 aromatic carbocycles. The van der Waals surface area contributed by atoms with E-state index in [0.717, 1.165) is 0 Å². The molecule has 35 heavy (non-hydrogen) atoms. The Morgan fingerprint density at radius 3 is 1.29 bits per heavy atom. The van der Waals surface area contributed by atoms with Crippen molar-refractivity contribution < 1.29 is 0 Å². The molecule has 0 aliphatic heterocycles. The number of halogens is 1. The van der Waals surface area contributed by atoms with Crippen LogP contribution in [-0.4, -0.2) is 18.5 Å². The van der Waals surface area contributed by atoms with E-state index in [4.69, 9.17) is 0 Å². The second kappa shape index (κ2) is 20.1. The van der Waals surface area contributed by atoms with Crippen LogP contribution in [-0.2, 0) is 0 Å². The number of allylic oxidation sites excluding steroid dienone is 1. The van der Waals surface area contributed by atoms with Crippen molar-refractivity contribution in [3.63, 3.8) is 0 Å². The van der Waals surface area contributed by atoms with Gasteiger partial charge in [-0.05, 0) is 0 Å². The molecular formula is C33H60IP. The van der Waals surface area contributed by atoms with E-state index < -0.39 is 4.25 Å². The van der Waals surface area contributed by atoms with Gasteiger partial charge in [0.05, 0.1) is 0 Å². The van der Waals surface area contributed by atoms with Gasteiger partial charge in [0.25, 0.3) is 0 Å². The average Bonchev–Trinajstić information content (AvgIpc) is 2.87. The summed E-state index contributed by atoms with van der Waals surface area (Å²) in [4.78, 5) is 0. The Kier molecular flexibility index (Phi) is 19.1. The van der Waals surface area contributed by atoms with Gasteiger partial charge in [0, 0.05) is 0 Å². The zero-order chi connectivity index (χ0) is 25.7. The van der Waals surface area contributed by atoms with Gasteiger partial charge in [0.15, 0.2) is 0 Å². The van der Waals surface area contributed by atoms with Crippen LogP contribution in [0, 0.1) is 0 Å². The Labute approximate surface area is 234 Å². The normalized spacial score (nSPS) is 13.9. The van der Waals surface area contributed by atoms with Crippen LogP contribution in [0.5, 0.6) is 0 Å². The Bertz CT molecular complexity index is 582. The van der Waals surface area contributed by atoms with Crippen LogP contribution in [0.1, 0.15) is 148 Å². The Morgan fingerprint density at radius 1 is 0.600 bits per heavy atom. The first-order valence-electron chi connectivity index (χ1n) is 15.4. The third kappa shape index (κ3) is 13.0. The molecule has 0 saturated heterocycles. The molecule has 0 radical (unpaired) electrons. The molecule has 1 aromatic rings. The molecule has 204 valence electrons. The molecule has 0 saturated carbocycles. The molecule has 0 N–H and O–H groups in total. The van der Waals surface area contributed by atoms with Gasteiger partial charge in [0.1, 0.15) is 0 Å². The summed E-state index contributed by atoms with van der Waals surface area (Å²) in [6.07, 6.45) is 32.1. The van der Waals surface area contributed by atoms with E-state index in [2.05, 4.69) is 85.8 Å². The molecule has 1 atom stereocenters. The van der Waals surface area contributed by atoms with Gasteiger partial charge in [-0.2, -0.15) is 0 Å². The molecule has 1 unspecified atom stereocenters. The first kappa shape index (κ1) is 33.1. The Balaban J connectivity index is 3.08. The molecule has 1 rings (SSSR count). The molecule has 0 aliphatic carbocycles. The van der Waals surface area contributed by atoms with Crippen molar-refractivity contribution in [2.75, 3.05) is 18.5 Å². The summed E-state index contributed by atoms with van der Waals surface area (Å²) in [7, 11) is 0. The van der Waals surface area contributed by atoms with Crippen molar-refractivity contribution in [1.29, 1.82) is 0 Å². The van der Waals surface area contributed by atoms with Crippen LogP contribution in [0.25, 0.3) is 0 Å². The number of unbranched alkanes of at least 4 members (excludes halogenated alkanes) is 15. The average molecular weight is 615 g/mol. The fourth-order valence-electron chi connectivity index (χ4n) is 5.98. The van der Waals surface area contributed by atoms with E-state index >= 15 is 0 Å². The van der Waals surface area contributed by atoms with E-state index in [1.807, 2.05) is 0 Å². The minimum atomic E-state index is -2.03. The van der Waals surface area contributed by atoms with Gasteiger partial charge in [-0.3, -0.25) is 0 Å². The Morgan fingerprint density at radius 2 is 0.943 bits per heavy atom. The maximum atomic E-state index is 4.48. The fourth-order valence-corrected chi connectivity index (χ4v) is 16.6. The van der Waals surface area contributed by atoms with Crippen LogP contribution in [0.3, 0.4) is 0 Å². The first-order chi connectivity index (χ1) is 17.0. The number of hydrogen-bond donors (Lipinski definition) is 0. The van der Waals surface area contributed by atoms with E-state index in [9.17, 15) is 0 Å². The van der Waals surface area contributed by atoms with Crippen LogP contribution in [0.2, 0.25) is 0 Å². The second-order valence-corrected chi connectivity index (χ2v) is 24.3. The Hall–Kier alpha value is 0.120. The minimum absolute atomic E-state index is 0.560. The van der Waals surface area contributed by atoms with E-state index in [1.165, 1.54) is 140 Å². The summed E-state index contributed by atoms with van der Waals surface area (Å²) in [6, 6.07) is 11.5. The molecule has 0 aliphatic rings. The molecule has 0 nitrogen and oxygen atoms in total. The third-order valence-corrected chi connectivity index (χ3v) is 20.4. The topological polar surface area (TPSA) is 0 Å². The second-order valence-electron chi connectivity index (χ2n) is 11.2. The molecule has 0 spiro atoms. The molecular weight excluding hydrogens is 554 g/mol. The van der Waals surface area contributed by atoms with Crippen molar-refractivity contribution in [3.05, 3.63) is 48.6 Å². The van der Waals surface area contributed by atoms with E-state index in [-0.39, 0.29) is 0 Å². The maximum absolute atomic E-state index is 4.48. The van der Waals surface area contributed by atoms with E-state index in [1.54, 1.807) is 0 Å². The van der Waals surface area contributed by atoms with Crippen molar-refractivity contribution in [2.45, 2.75) is 142 Å². The van der Waals surface area contributed by atoms with Crippen LogP contribution in [0.15, 0.2) is 43.0 Å². The summed E-state index contributed by atoms with van der Waals surface area (Å²) in [6.45, 7) is 11.5. The predicted molar refractivity (Wildman–Crippen MR) is 175 cm³/mol. The van der Waals surface area contributed by atoms with Crippen molar-refractivity contribution in [2.24, 2.45) is 0 Å². The van der Waals surface area contributed by atoms with Crippen molar-refractivity contribution >= 4 is 26.3 Å². The van der Waals surface area contributed by atoms with Gasteiger partial charge in [-0.25, -0.2) is 0 Å². The third-order valence-electron chi connectivity index (χ3n) is 8.18. The molecule has 2 heteroatoms. The number of benzene rings is 1. The van der Waals surface area contributed by atoms with Gasteiger partial charge < -0.3 is 0 Å². The van der Waals surface area contributed by atoms with Crippen LogP contribution < -0.4 is 0 Å². The summed E-state index contributed by atoms with van der Waals surface area (Å²) in [5.74, 6) is 0. The van der Waals surface area contributed by atoms with Crippen molar-refractivity contribution in [3.8, 4) is 0 Å². The number of rotatable bonds is 24. The fraction of sp³-hybridized carbons (Fsp3) is 0.758. The first-order valence-corrected chi connectivity index (χ1v) is 21.1. The summed E-state index contributed by atoms with van der Waals surface area (Å²) >= 11 is 3.14. The quantitative estimate of drug-likeness (QED) is 0.0470. The molecule has 0 aromatic heterocycles. The summed E-state index contributed by atoms with van der Waals surface area (Å²) in [5, 5.41) is 0. The SMILES string of the molecule is C=CC(c1ccccc1)P(I)(CCCCCCCC)(CCCCCCCC)CCCCCCCC. The van der Waals surface area contributed by atoms with Crippen LogP contribution in [0.4, 0.5) is 0 Å².